The number of halogens is 5. The number of hydrogen-bond donors (Lipinski definition) is 2. The van der Waals surface area contributed by atoms with Gasteiger partial charge in [0.2, 0.25) is 0 Å². The first kappa shape index (κ1) is 25.2. The zero-order valence-electron chi connectivity index (χ0n) is 15.6. The molecule has 0 radical (unpaired) electrons. The van der Waals surface area contributed by atoms with Crippen LogP contribution in [-0.2, 0) is 0 Å². The highest BCUT2D eigenvalue weighted by atomic mass is 35.5. The van der Waals surface area contributed by atoms with E-state index < -0.39 is 6.36 Å². The number of phenols is 1. The van der Waals surface area contributed by atoms with Gasteiger partial charge in [0.1, 0.15) is 17.2 Å². The van der Waals surface area contributed by atoms with Crippen LogP contribution in [0.1, 0.15) is 17.2 Å². The average Bonchev–Trinajstić information content (AvgIpc) is 2.64. The zero-order valence-corrected chi connectivity index (χ0v) is 17.2. The Balaban J connectivity index is 0.00000210. The molecule has 5 nitrogen and oxygen atoms in total. The van der Waals surface area contributed by atoms with E-state index in [-0.39, 0.29) is 42.4 Å². The number of aromatic hydroxyl groups is 1. The SMILES string of the molecule is COc1ccc(O)c([C@H](c2ccc(OC(F)(F)F)cc2)N2CCNCC2)c1.Cl.Cl. The van der Waals surface area contributed by atoms with Gasteiger partial charge in [0.05, 0.1) is 13.2 Å². The molecule has 162 valence electrons. The van der Waals surface area contributed by atoms with Gasteiger partial charge in [0.25, 0.3) is 0 Å². The lowest BCUT2D eigenvalue weighted by atomic mass is 9.95. The molecule has 0 spiro atoms. The Kier molecular flexibility index (Phi) is 9.35. The fourth-order valence-corrected chi connectivity index (χ4v) is 3.26. The first-order valence-corrected chi connectivity index (χ1v) is 8.55. The van der Waals surface area contributed by atoms with Gasteiger partial charge >= 0.3 is 6.36 Å². The zero-order chi connectivity index (χ0) is 19.4. The van der Waals surface area contributed by atoms with Gasteiger partial charge in [-0.3, -0.25) is 4.90 Å². The van der Waals surface area contributed by atoms with Crippen LogP contribution < -0.4 is 14.8 Å². The first-order chi connectivity index (χ1) is 12.9. The van der Waals surface area contributed by atoms with Gasteiger partial charge in [-0.1, -0.05) is 12.1 Å². The first-order valence-electron chi connectivity index (χ1n) is 8.55. The van der Waals surface area contributed by atoms with Crippen LogP contribution in [-0.4, -0.2) is 49.7 Å². The summed E-state index contributed by atoms with van der Waals surface area (Å²) in [6.45, 7) is 3.05. The molecular weight excluding hydrogens is 432 g/mol. The summed E-state index contributed by atoms with van der Waals surface area (Å²) < 4.78 is 46.4. The minimum atomic E-state index is -4.73. The molecule has 0 aromatic heterocycles. The van der Waals surface area contributed by atoms with E-state index in [2.05, 4.69) is 15.0 Å². The lowest BCUT2D eigenvalue weighted by Gasteiger charge is -2.36. The number of ether oxygens (including phenoxy) is 2. The van der Waals surface area contributed by atoms with E-state index in [1.165, 1.54) is 12.1 Å². The molecule has 1 saturated heterocycles. The Bertz CT molecular complexity index is 770. The van der Waals surface area contributed by atoms with Crippen molar-refractivity contribution in [2.24, 2.45) is 0 Å². The molecule has 29 heavy (non-hydrogen) atoms. The predicted molar refractivity (Wildman–Crippen MR) is 109 cm³/mol. The van der Waals surface area contributed by atoms with Crippen LogP contribution in [0.3, 0.4) is 0 Å². The maximum atomic E-state index is 12.4. The molecule has 1 heterocycles. The quantitative estimate of drug-likeness (QED) is 0.710. The second-order valence-electron chi connectivity index (χ2n) is 6.23. The fourth-order valence-electron chi connectivity index (χ4n) is 3.26. The van der Waals surface area contributed by atoms with E-state index in [4.69, 9.17) is 4.74 Å². The number of hydrogen-bond acceptors (Lipinski definition) is 5. The summed E-state index contributed by atoms with van der Waals surface area (Å²) in [4.78, 5) is 2.17. The molecule has 2 aromatic carbocycles. The summed E-state index contributed by atoms with van der Waals surface area (Å²) in [6, 6.07) is 10.4. The molecule has 0 saturated carbocycles. The van der Waals surface area contributed by atoms with Crippen molar-refractivity contribution in [3.63, 3.8) is 0 Å². The van der Waals surface area contributed by atoms with Gasteiger partial charge in [0.15, 0.2) is 0 Å². The highest BCUT2D eigenvalue weighted by molar-refractivity contribution is 5.85. The highest BCUT2D eigenvalue weighted by Crippen LogP contribution is 2.37. The Morgan fingerprint density at radius 1 is 1.00 bits per heavy atom. The highest BCUT2D eigenvalue weighted by Gasteiger charge is 2.31. The van der Waals surface area contributed by atoms with Crippen molar-refractivity contribution in [3.05, 3.63) is 53.6 Å². The minimum absolute atomic E-state index is 0. The number of phenolic OH excluding ortho intramolecular Hbond substituents is 1. The molecule has 2 aromatic rings. The topological polar surface area (TPSA) is 54.0 Å². The van der Waals surface area contributed by atoms with E-state index in [1.54, 1.807) is 37.4 Å². The Morgan fingerprint density at radius 2 is 1.59 bits per heavy atom. The number of benzene rings is 2. The van der Waals surface area contributed by atoms with Gasteiger partial charge in [-0.2, -0.15) is 0 Å². The Morgan fingerprint density at radius 3 is 2.14 bits per heavy atom. The number of nitrogens with one attached hydrogen (secondary N) is 1. The summed E-state index contributed by atoms with van der Waals surface area (Å²) in [6.07, 6.45) is -4.73. The van der Waals surface area contributed by atoms with Crippen LogP contribution in [0, 0.1) is 0 Å². The van der Waals surface area contributed by atoms with Crippen LogP contribution in [0.4, 0.5) is 13.2 Å². The molecule has 0 bridgehead atoms. The predicted octanol–water partition coefficient (Wildman–Crippen LogP) is 4.14. The van der Waals surface area contributed by atoms with Gasteiger partial charge in [-0.05, 0) is 35.9 Å². The third kappa shape index (κ3) is 6.57. The van der Waals surface area contributed by atoms with Crippen LogP contribution in [0.5, 0.6) is 17.2 Å². The van der Waals surface area contributed by atoms with E-state index in [0.29, 0.717) is 11.3 Å². The lowest BCUT2D eigenvalue weighted by molar-refractivity contribution is -0.274. The lowest BCUT2D eigenvalue weighted by Crippen LogP contribution is -2.45. The summed E-state index contributed by atoms with van der Waals surface area (Å²) >= 11 is 0. The third-order valence-corrected chi connectivity index (χ3v) is 4.48. The molecule has 1 aliphatic rings. The van der Waals surface area contributed by atoms with Crippen molar-refractivity contribution in [3.8, 4) is 17.2 Å². The van der Waals surface area contributed by atoms with Crippen LogP contribution in [0.2, 0.25) is 0 Å². The molecule has 0 unspecified atom stereocenters. The molecule has 0 amide bonds. The van der Waals surface area contributed by atoms with E-state index in [0.717, 1.165) is 31.7 Å². The van der Waals surface area contributed by atoms with Crippen molar-refractivity contribution < 1.29 is 27.8 Å². The van der Waals surface area contributed by atoms with Gasteiger partial charge < -0.3 is 19.9 Å². The summed E-state index contributed by atoms with van der Waals surface area (Å²) in [5, 5.41) is 13.7. The third-order valence-electron chi connectivity index (χ3n) is 4.48. The molecular formula is C19H23Cl2F3N2O3. The minimum Gasteiger partial charge on any atom is -0.508 e. The molecule has 3 rings (SSSR count). The number of nitrogens with zero attached hydrogens (tertiary/aromatic N) is 1. The van der Waals surface area contributed by atoms with E-state index in [1.807, 2.05) is 0 Å². The molecule has 10 heteroatoms. The van der Waals surface area contributed by atoms with Gasteiger partial charge in [-0.25, -0.2) is 0 Å². The van der Waals surface area contributed by atoms with Crippen molar-refractivity contribution in [2.45, 2.75) is 12.4 Å². The molecule has 0 aliphatic carbocycles. The normalized spacial score (nSPS) is 15.6. The van der Waals surface area contributed by atoms with Gasteiger partial charge in [-0.15, -0.1) is 38.0 Å². The van der Waals surface area contributed by atoms with Gasteiger partial charge in [0, 0.05) is 31.7 Å². The Hall–Kier alpha value is -1.87. The number of methoxy groups -OCH3 is 1. The summed E-state index contributed by atoms with van der Waals surface area (Å²) in [5.74, 6) is 0.426. The molecule has 1 fully saturated rings. The largest absolute Gasteiger partial charge is 0.573 e. The number of piperazine rings is 1. The number of alkyl halides is 3. The van der Waals surface area contributed by atoms with Crippen molar-refractivity contribution in [1.29, 1.82) is 0 Å². The van der Waals surface area contributed by atoms with Crippen LogP contribution in [0.15, 0.2) is 42.5 Å². The molecule has 1 aliphatic heterocycles. The summed E-state index contributed by atoms with van der Waals surface area (Å²) in [5.41, 5.74) is 1.40. The van der Waals surface area contributed by atoms with E-state index >= 15 is 0 Å². The van der Waals surface area contributed by atoms with Crippen molar-refractivity contribution in [1.82, 2.24) is 10.2 Å². The second kappa shape index (κ2) is 10.8. The molecule has 2 N–H and O–H groups in total. The number of rotatable bonds is 5. The summed E-state index contributed by atoms with van der Waals surface area (Å²) in [7, 11) is 1.54. The standard InChI is InChI=1S/C19H21F3N2O3.2ClH/c1-26-15-6-7-17(25)16(12-15)18(24-10-8-23-9-11-24)13-2-4-14(5-3-13)27-19(20,21)22;;/h2-7,12,18,23,25H,8-11H2,1H3;2*1H/t18-;;/m0../s1. The average molecular weight is 455 g/mol. The van der Waals surface area contributed by atoms with Crippen LogP contribution >= 0.6 is 24.8 Å². The van der Waals surface area contributed by atoms with E-state index in [9.17, 15) is 18.3 Å². The Labute approximate surface area is 179 Å². The fraction of sp³-hybridized carbons (Fsp3) is 0.368. The van der Waals surface area contributed by atoms with Crippen molar-refractivity contribution >= 4 is 24.8 Å². The molecule has 1 atom stereocenters. The maximum absolute atomic E-state index is 12.4. The van der Waals surface area contributed by atoms with Crippen molar-refractivity contribution in [2.75, 3.05) is 33.3 Å². The monoisotopic (exact) mass is 454 g/mol. The second-order valence-corrected chi connectivity index (χ2v) is 6.23. The maximum Gasteiger partial charge on any atom is 0.573 e. The smallest absolute Gasteiger partial charge is 0.508 e. The van der Waals surface area contributed by atoms with Crippen LogP contribution in [0.25, 0.3) is 0 Å².